The highest BCUT2D eigenvalue weighted by molar-refractivity contribution is 6.34. The summed E-state index contributed by atoms with van der Waals surface area (Å²) < 4.78 is 9.71. The van der Waals surface area contributed by atoms with Crippen molar-refractivity contribution >= 4 is 199 Å². The second-order valence-electron chi connectivity index (χ2n) is 26.8. The molecule has 126 heavy (non-hydrogen) atoms. The number of aromatic carboxylic acids is 1. The standard InChI is InChI=1S/C20H14N8O2.C20H23N7O.C16H13ClN4O2.C14H9ClN4O2.C9H8N2.C7H6Cl2N2O2/c21-18(29)14-11-23-20(30-28-17-6-2-1-5-16(17)26-27-28)25-19(14)24-13-7-8-15-12(10-13)4-3-9-22-15;21-15-5-1-2-6-17(15)26-20-24-11-14(18(22)28)19(27-20)25-13-7-8-16-12(10-13)4-3-9-23-16;1-2-23-15(22)12-9-19-16(17)21-14(12)20-11-5-6-13-10(8-11)4-3-7-18-13;15-14-17-7-10(13(20)21)12(19-14)18-9-3-4-11-8(6-9)2-1-5-16-11;10-8-3-4-9-7(6-8)2-1-5-11-9;1-2-13-6(12)4-3-10-7(9)11-5(4)8/h1-11H,(H2,21,29)(H,23,24,25);3-4,7-11,15,17H,1-2,5-6,21H2,(H2,22,28)(H2,24,25,26,27);3-9H,2H2,1H3,(H,19,20,21);1-7H,(H,20,21)(H,17,18,19);1-6H,10H2;3H,2H2,1H3/t;15-,17+;;;;/m.0..../s1. The maximum absolute atomic E-state index is 12.0. The van der Waals surface area contributed by atoms with Crippen LogP contribution >= 0.6 is 46.4 Å². The van der Waals surface area contributed by atoms with E-state index < -0.39 is 29.7 Å². The van der Waals surface area contributed by atoms with E-state index in [0.29, 0.717) is 40.0 Å². The minimum atomic E-state index is -1.13. The van der Waals surface area contributed by atoms with Crippen LogP contribution in [0.25, 0.3) is 65.5 Å². The molecule has 0 saturated heterocycles. The first-order valence-corrected chi connectivity index (χ1v) is 39.8. The predicted molar refractivity (Wildman–Crippen MR) is 480 cm³/mol. The van der Waals surface area contributed by atoms with Gasteiger partial charge in [0.2, 0.25) is 21.8 Å². The SMILES string of the molecule is CCOC(=O)c1cnc(Cl)nc1Cl.CCOC(=O)c1cnc(Cl)nc1Nc1ccc2ncccc2c1.NC(=O)c1cnc(N[C@@H]2CCCC[C@@H]2N)nc1Nc1ccc2ncccc2c1.NC(=O)c1cnc(On2nnc3ccccc32)nc1Nc1ccc2ncccc2c1.Nc1ccc2ncccc2c1.O=C(O)c1cnc(Cl)nc1Nc1ccc2ncccc2c1. The number of ether oxygens (including phenoxy) is 2. The van der Waals surface area contributed by atoms with E-state index >= 15 is 0 Å². The van der Waals surface area contributed by atoms with Gasteiger partial charge in [0, 0.05) is 129 Å². The van der Waals surface area contributed by atoms with E-state index in [1.54, 1.807) is 63.0 Å². The van der Waals surface area contributed by atoms with Crippen molar-refractivity contribution in [2.45, 2.75) is 51.6 Å². The fraction of sp³-hybridized carbons (Fsp3) is 0.116. The highest BCUT2D eigenvalue weighted by Gasteiger charge is 2.25. The number of carboxylic acid groups (broad SMARTS) is 1. The number of hydrogen-bond donors (Lipinski definition) is 10. The number of amides is 2. The first kappa shape index (κ1) is 88.0. The lowest BCUT2D eigenvalue weighted by Gasteiger charge is -2.29. The second-order valence-corrected chi connectivity index (χ2v) is 28.2. The van der Waals surface area contributed by atoms with Crippen LogP contribution in [-0.2, 0) is 9.47 Å². The summed E-state index contributed by atoms with van der Waals surface area (Å²) in [7, 11) is 0. The van der Waals surface area contributed by atoms with Crippen molar-refractivity contribution in [3.63, 3.8) is 0 Å². The van der Waals surface area contributed by atoms with E-state index in [1.165, 1.54) is 35.8 Å². The van der Waals surface area contributed by atoms with Crippen LogP contribution in [0.3, 0.4) is 0 Å². The van der Waals surface area contributed by atoms with E-state index in [0.717, 1.165) is 97.3 Å². The van der Waals surface area contributed by atoms with Crippen molar-refractivity contribution in [1.82, 2.24) is 89.9 Å². The molecule has 36 nitrogen and oxygen atoms in total. The van der Waals surface area contributed by atoms with Gasteiger partial charge in [-0.15, -0.1) is 5.10 Å². The van der Waals surface area contributed by atoms with Crippen LogP contribution < -0.4 is 54.4 Å². The monoisotopic (exact) mass is 1770 g/mol. The van der Waals surface area contributed by atoms with Crippen molar-refractivity contribution in [3.05, 3.63) is 287 Å². The summed E-state index contributed by atoms with van der Waals surface area (Å²) in [5.74, 6) is -2.01. The van der Waals surface area contributed by atoms with Crippen LogP contribution in [0.1, 0.15) is 91.3 Å². The molecule has 40 heteroatoms. The van der Waals surface area contributed by atoms with Crippen LogP contribution in [0.15, 0.2) is 238 Å². The molecule has 0 spiro atoms. The van der Waals surface area contributed by atoms with Gasteiger partial charge in [-0.2, -0.15) is 19.9 Å². The minimum Gasteiger partial charge on any atom is -0.477 e. The molecule has 0 aliphatic heterocycles. The van der Waals surface area contributed by atoms with Crippen LogP contribution in [0.4, 0.5) is 57.7 Å². The first-order chi connectivity index (χ1) is 61.1. The molecule has 11 heterocycles. The summed E-state index contributed by atoms with van der Waals surface area (Å²) in [4.78, 5) is 126. The molecule has 6 aromatic carbocycles. The van der Waals surface area contributed by atoms with Gasteiger partial charge in [0.05, 0.1) is 40.8 Å². The topological polar surface area (TPSA) is 522 Å². The van der Waals surface area contributed by atoms with Gasteiger partial charge in [0.1, 0.15) is 61.5 Å². The Morgan fingerprint density at radius 2 is 0.841 bits per heavy atom. The van der Waals surface area contributed by atoms with Gasteiger partial charge in [0.25, 0.3) is 11.8 Å². The summed E-state index contributed by atoms with van der Waals surface area (Å²) in [6, 6.07) is 54.7. The molecule has 1 aliphatic rings. The summed E-state index contributed by atoms with van der Waals surface area (Å²) in [5.41, 5.74) is 32.9. The number of nitrogens with one attached hydrogen (secondary N) is 5. The smallest absolute Gasteiger partial charge is 0.347 e. The highest BCUT2D eigenvalue weighted by atomic mass is 35.5. The minimum absolute atomic E-state index is 0.00144. The molecule has 14 N–H and O–H groups in total. The zero-order valence-electron chi connectivity index (χ0n) is 66.5. The number of primary amides is 2. The number of pyridine rings is 5. The average Bonchev–Trinajstić information content (AvgIpc) is 1.81. The van der Waals surface area contributed by atoms with Crippen LogP contribution in [0.5, 0.6) is 6.01 Å². The first-order valence-electron chi connectivity index (χ1n) is 38.3. The average molecular weight is 1770 g/mol. The van der Waals surface area contributed by atoms with Crippen molar-refractivity contribution in [1.29, 1.82) is 0 Å². The van der Waals surface area contributed by atoms with Crippen LogP contribution in [-0.4, -0.2) is 150 Å². The number of fused-ring (bicyclic) bond motifs is 6. The lowest BCUT2D eigenvalue weighted by molar-refractivity contribution is 0.0516. The molecule has 11 aromatic heterocycles. The van der Waals surface area contributed by atoms with Crippen molar-refractivity contribution in [3.8, 4) is 6.01 Å². The molecule has 0 unspecified atom stereocenters. The van der Waals surface area contributed by atoms with E-state index in [1.807, 2.05) is 158 Å². The van der Waals surface area contributed by atoms with Gasteiger partial charge in [0.15, 0.2) is 5.82 Å². The second kappa shape index (κ2) is 42.2. The summed E-state index contributed by atoms with van der Waals surface area (Å²) in [6.07, 6.45) is 19.4. The van der Waals surface area contributed by atoms with Crippen LogP contribution in [0, 0.1) is 0 Å². The molecular formula is C86H73Cl4N27O9. The Morgan fingerprint density at radius 3 is 1.31 bits per heavy atom. The lowest BCUT2D eigenvalue weighted by atomic mass is 9.91. The van der Waals surface area contributed by atoms with Crippen molar-refractivity contribution in [2.24, 2.45) is 17.2 Å². The number of anilines is 10. The number of aromatic nitrogens is 18. The van der Waals surface area contributed by atoms with Gasteiger partial charge in [-0.25, -0.2) is 44.3 Å². The number of hydrogen-bond acceptors (Lipinski definition) is 32. The Labute approximate surface area is 735 Å². The number of para-hydroxylation sites is 1. The predicted octanol–water partition coefficient (Wildman–Crippen LogP) is 15.5. The number of carboxylic acids is 1. The number of carbonyl (C=O) groups excluding carboxylic acids is 4. The molecular weight excluding hydrogens is 1700 g/mol. The Balaban J connectivity index is 0.000000133. The van der Waals surface area contributed by atoms with E-state index in [2.05, 4.69) is 112 Å². The number of nitrogen functional groups attached to an aromatic ring is 1. The maximum atomic E-state index is 12.0. The summed E-state index contributed by atoms with van der Waals surface area (Å²) in [6.45, 7) is 3.97. The third-order valence-electron chi connectivity index (χ3n) is 18.3. The fourth-order valence-corrected chi connectivity index (χ4v) is 12.9. The molecule has 2 amide bonds. The Hall–Kier alpha value is -15.8. The number of halogens is 4. The third kappa shape index (κ3) is 23.5. The molecule has 17 aromatic rings. The molecule has 634 valence electrons. The molecule has 2 atom stereocenters. The Morgan fingerprint density at radius 1 is 0.437 bits per heavy atom. The van der Waals surface area contributed by atoms with Gasteiger partial charge < -0.3 is 68.9 Å². The van der Waals surface area contributed by atoms with Gasteiger partial charge >= 0.3 is 23.9 Å². The Bertz CT molecular complexity index is 6830. The van der Waals surface area contributed by atoms with Crippen molar-refractivity contribution < 1.29 is 43.4 Å². The molecule has 1 fully saturated rings. The lowest BCUT2D eigenvalue weighted by Crippen LogP contribution is -2.43. The van der Waals surface area contributed by atoms with Gasteiger partial charge in [-0.1, -0.05) is 71.8 Å². The summed E-state index contributed by atoms with van der Waals surface area (Å²) >= 11 is 22.6. The number of nitrogens with two attached hydrogens (primary N) is 4. The number of rotatable bonds is 19. The highest BCUT2D eigenvalue weighted by Crippen LogP contribution is 2.31. The molecule has 1 saturated carbocycles. The zero-order valence-corrected chi connectivity index (χ0v) is 69.5. The van der Waals surface area contributed by atoms with Gasteiger partial charge in [-0.05, 0) is 200 Å². The number of benzene rings is 6. The van der Waals surface area contributed by atoms with Crippen LogP contribution in [0.2, 0.25) is 21.0 Å². The van der Waals surface area contributed by atoms with Gasteiger partial charge in [-0.3, -0.25) is 34.5 Å². The molecule has 1 aliphatic carbocycles. The zero-order chi connectivity index (χ0) is 88.6. The van der Waals surface area contributed by atoms with E-state index in [9.17, 15) is 24.0 Å². The number of carbonyl (C=O) groups is 5. The van der Waals surface area contributed by atoms with E-state index in [-0.39, 0.29) is 91.8 Å². The quantitative estimate of drug-likeness (QED) is 0.0156. The normalized spacial score (nSPS) is 12.5. The number of nitrogens with zero attached hydrogens (tertiary/aromatic N) is 18. The fourth-order valence-electron chi connectivity index (χ4n) is 12.3. The Kier molecular flexibility index (Phi) is 29.5. The summed E-state index contributed by atoms with van der Waals surface area (Å²) in [5, 5.41) is 37.6. The largest absolute Gasteiger partial charge is 0.477 e. The van der Waals surface area contributed by atoms with E-state index in [4.69, 9.17) is 88.8 Å². The third-order valence-corrected chi connectivity index (χ3v) is 19.1. The number of esters is 2. The maximum Gasteiger partial charge on any atom is 0.347 e. The molecule has 0 bridgehead atoms. The molecule has 0 radical (unpaired) electrons. The molecule has 18 rings (SSSR count). The van der Waals surface area contributed by atoms with Crippen molar-refractivity contribution in [2.75, 3.05) is 45.5 Å².